The minimum absolute atomic E-state index is 0.0379. The van der Waals surface area contributed by atoms with Gasteiger partial charge in [0, 0.05) is 35.0 Å². The van der Waals surface area contributed by atoms with Gasteiger partial charge in [0.2, 0.25) is 5.91 Å². The zero-order chi connectivity index (χ0) is 24.9. The van der Waals surface area contributed by atoms with Crippen LogP contribution in [-0.2, 0) is 19.1 Å². The van der Waals surface area contributed by atoms with Gasteiger partial charge in [0.15, 0.2) is 0 Å². The molecule has 4 rings (SSSR count). The van der Waals surface area contributed by atoms with E-state index in [0.29, 0.717) is 35.8 Å². The zero-order valence-corrected chi connectivity index (χ0v) is 21.6. The van der Waals surface area contributed by atoms with Crippen LogP contribution in [0.1, 0.15) is 45.2 Å². The Balaban J connectivity index is 1.63. The van der Waals surface area contributed by atoms with E-state index >= 15 is 0 Å². The number of halogens is 1. The zero-order valence-electron chi connectivity index (χ0n) is 20.0. The molecule has 8 heteroatoms. The largest absolute Gasteiger partial charge is 0.444 e. The average Bonchev–Trinajstić information content (AvgIpc) is 2.76. The first-order valence-corrected chi connectivity index (χ1v) is 13.8. The topological polar surface area (TPSA) is 66.9 Å². The fraction of sp³-hybridized carbons (Fsp3) is 0.423. The van der Waals surface area contributed by atoms with Crippen LogP contribution in [0, 0.1) is 5.41 Å². The molecule has 2 aliphatic heterocycles. The van der Waals surface area contributed by atoms with Crippen molar-refractivity contribution in [3.63, 3.8) is 0 Å². The third kappa shape index (κ3) is 4.56. The highest BCUT2D eigenvalue weighted by atomic mass is 35.5. The summed E-state index contributed by atoms with van der Waals surface area (Å²) in [6.45, 7) is 6.44. The highest BCUT2D eigenvalue weighted by Gasteiger charge is 2.62. The van der Waals surface area contributed by atoms with Crippen LogP contribution >= 0.6 is 11.6 Å². The molecule has 0 bridgehead atoms. The number of hydrogen-bond acceptors (Lipinski definition) is 4. The van der Waals surface area contributed by atoms with Crippen LogP contribution in [0.5, 0.6) is 0 Å². The number of benzene rings is 2. The van der Waals surface area contributed by atoms with Gasteiger partial charge in [-0.2, -0.15) is 0 Å². The molecule has 6 nitrogen and oxygen atoms in total. The highest BCUT2D eigenvalue weighted by Crippen LogP contribution is 2.57. The van der Waals surface area contributed by atoms with Gasteiger partial charge in [-0.05, 0) is 91.0 Å². The molecule has 2 aliphatic rings. The molecule has 0 radical (unpaired) electrons. The summed E-state index contributed by atoms with van der Waals surface area (Å²) >= 11 is 6.13. The summed E-state index contributed by atoms with van der Waals surface area (Å²) in [6.07, 6.45) is 2.35. The van der Waals surface area contributed by atoms with E-state index < -0.39 is 20.5 Å². The van der Waals surface area contributed by atoms with Crippen LogP contribution in [-0.4, -0.2) is 51.9 Å². The maximum Gasteiger partial charge on any atom is 0.410 e. The summed E-state index contributed by atoms with van der Waals surface area (Å²) in [5.74, 6) is 3.78. The van der Waals surface area contributed by atoms with Gasteiger partial charge in [-0.1, -0.05) is 23.7 Å². The van der Waals surface area contributed by atoms with Crippen molar-refractivity contribution in [1.29, 1.82) is 0 Å². The van der Waals surface area contributed by atoms with Gasteiger partial charge < -0.3 is 14.5 Å². The molecule has 2 aromatic carbocycles. The molecule has 0 saturated carbocycles. The van der Waals surface area contributed by atoms with Gasteiger partial charge in [-0.15, -0.1) is 0 Å². The van der Waals surface area contributed by atoms with E-state index in [1.165, 1.54) is 0 Å². The third-order valence-corrected chi connectivity index (χ3v) is 8.05. The first-order valence-electron chi connectivity index (χ1n) is 11.3. The summed E-state index contributed by atoms with van der Waals surface area (Å²) in [7, 11) is -2.34. The quantitative estimate of drug-likeness (QED) is 0.430. The maximum atomic E-state index is 13.7. The second-order valence-corrected chi connectivity index (χ2v) is 13.2. The van der Waals surface area contributed by atoms with Crippen molar-refractivity contribution in [2.24, 2.45) is 5.41 Å². The molecule has 2 unspecified atom stereocenters. The van der Waals surface area contributed by atoms with Crippen molar-refractivity contribution < 1.29 is 18.5 Å². The highest BCUT2D eigenvalue weighted by molar-refractivity contribution is 7.99. The SMILES string of the molecule is C=S(C)(=O)c1ccc(N2C(=O)C3(CCN(C(=O)OC(C)(C)C)CC3)C2c2ccc(Cl)cc2)cc1. The number of anilines is 1. The molecule has 2 saturated heterocycles. The van der Waals surface area contributed by atoms with E-state index in [4.69, 9.17) is 16.3 Å². The van der Waals surface area contributed by atoms with E-state index in [-0.39, 0.29) is 18.0 Å². The molecule has 2 fully saturated rings. The van der Waals surface area contributed by atoms with E-state index in [1.807, 2.05) is 57.2 Å². The number of hydrogen-bond donors (Lipinski definition) is 0. The number of likely N-dealkylation sites (tertiary alicyclic amines) is 1. The molecular weight excluding hydrogens is 472 g/mol. The van der Waals surface area contributed by atoms with Gasteiger partial charge in [0.1, 0.15) is 5.60 Å². The Labute approximate surface area is 206 Å². The smallest absolute Gasteiger partial charge is 0.410 e. The Bertz CT molecular complexity index is 1190. The van der Waals surface area contributed by atoms with Crippen LogP contribution in [0.15, 0.2) is 53.4 Å². The number of carbonyl (C=O) groups is 2. The van der Waals surface area contributed by atoms with Crippen molar-refractivity contribution in [2.75, 3.05) is 24.2 Å². The number of ether oxygens (including phenoxy) is 1. The number of nitrogens with zero attached hydrogens (tertiary/aromatic N) is 2. The predicted molar refractivity (Wildman–Crippen MR) is 137 cm³/mol. The Morgan fingerprint density at radius 3 is 2.15 bits per heavy atom. The van der Waals surface area contributed by atoms with Gasteiger partial charge >= 0.3 is 6.09 Å². The molecule has 2 atom stereocenters. The first-order chi connectivity index (χ1) is 15.8. The van der Waals surface area contributed by atoms with Crippen LogP contribution in [0.25, 0.3) is 0 Å². The van der Waals surface area contributed by atoms with Gasteiger partial charge in [-0.3, -0.25) is 9.00 Å². The van der Waals surface area contributed by atoms with E-state index in [9.17, 15) is 13.8 Å². The fourth-order valence-electron chi connectivity index (χ4n) is 4.83. The number of carbonyl (C=O) groups excluding carboxylic acids is 2. The lowest BCUT2D eigenvalue weighted by molar-refractivity contribution is -0.144. The van der Waals surface area contributed by atoms with Gasteiger partial charge in [-0.25, -0.2) is 4.79 Å². The summed E-state index contributed by atoms with van der Waals surface area (Å²) in [5.41, 5.74) is 0.575. The lowest BCUT2D eigenvalue weighted by Gasteiger charge is -2.59. The number of piperidine rings is 1. The normalized spacial score (nSPS) is 21.7. The fourth-order valence-corrected chi connectivity index (χ4v) is 5.67. The Morgan fingerprint density at radius 1 is 1.09 bits per heavy atom. The third-order valence-electron chi connectivity index (χ3n) is 6.53. The van der Waals surface area contributed by atoms with Crippen molar-refractivity contribution >= 4 is 44.7 Å². The molecular formula is C26H31ClN2O4S. The number of rotatable bonds is 3. The summed E-state index contributed by atoms with van der Waals surface area (Å²) in [4.78, 5) is 30.4. The molecule has 182 valence electrons. The minimum atomic E-state index is -2.34. The molecule has 2 amide bonds. The molecule has 0 aromatic heterocycles. The van der Waals surface area contributed by atoms with Crippen molar-refractivity contribution in [1.82, 2.24) is 4.90 Å². The number of amides is 2. The van der Waals surface area contributed by atoms with Crippen molar-refractivity contribution in [3.8, 4) is 0 Å². The van der Waals surface area contributed by atoms with E-state index in [0.717, 1.165) is 11.3 Å². The van der Waals surface area contributed by atoms with Crippen molar-refractivity contribution in [3.05, 3.63) is 59.1 Å². The molecule has 0 aliphatic carbocycles. The molecule has 34 heavy (non-hydrogen) atoms. The van der Waals surface area contributed by atoms with Crippen molar-refractivity contribution in [2.45, 2.75) is 50.2 Å². The first kappa shape index (κ1) is 24.6. The summed E-state index contributed by atoms with van der Waals surface area (Å²) in [6, 6.07) is 14.6. The predicted octanol–water partition coefficient (Wildman–Crippen LogP) is 5.15. The second-order valence-electron chi connectivity index (χ2n) is 10.3. The van der Waals surface area contributed by atoms with E-state index in [1.54, 1.807) is 28.2 Å². The number of β-lactam (4-membered cyclic amide) rings is 1. The van der Waals surface area contributed by atoms with Crippen LogP contribution in [0.2, 0.25) is 5.02 Å². The van der Waals surface area contributed by atoms with Crippen LogP contribution in [0.3, 0.4) is 0 Å². The second kappa shape index (κ2) is 8.61. The average molecular weight is 503 g/mol. The molecule has 0 N–H and O–H groups in total. The molecule has 2 heterocycles. The van der Waals surface area contributed by atoms with Gasteiger partial charge in [0.25, 0.3) is 0 Å². The summed E-state index contributed by atoms with van der Waals surface area (Å²) < 4.78 is 17.8. The maximum absolute atomic E-state index is 13.7. The Kier molecular flexibility index (Phi) is 6.23. The molecule has 1 spiro atoms. The molecule has 2 aromatic rings. The lowest BCUT2D eigenvalue weighted by Crippen LogP contribution is -2.67. The monoisotopic (exact) mass is 502 g/mol. The lowest BCUT2D eigenvalue weighted by atomic mass is 9.62. The Hall–Kier alpha value is -2.51. The minimum Gasteiger partial charge on any atom is -0.444 e. The Morgan fingerprint density at radius 2 is 1.65 bits per heavy atom. The van der Waals surface area contributed by atoms with Crippen LogP contribution in [0.4, 0.5) is 10.5 Å². The van der Waals surface area contributed by atoms with E-state index in [2.05, 4.69) is 5.87 Å². The van der Waals surface area contributed by atoms with Gasteiger partial charge in [0.05, 0.1) is 11.5 Å². The standard InChI is InChI=1S/C26H31ClN2O4S/c1-25(2,3)33-24(31)28-16-14-26(15-17-28)22(18-6-8-19(27)9-7-18)29(23(26)30)20-10-12-21(13-11-20)34(4,5)32/h6-13,22H,4,14-17H2,1-3,5H3. The summed E-state index contributed by atoms with van der Waals surface area (Å²) in [5, 5.41) is 0.632. The van der Waals surface area contributed by atoms with Crippen LogP contribution < -0.4 is 4.90 Å².